The van der Waals surface area contributed by atoms with Crippen molar-refractivity contribution in [2.75, 3.05) is 13.2 Å². The molecule has 180 valence electrons. The van der Waals surface area contributed by atoms with Crippen LogP contribution in [0.1, 0.15) is 72.1 Å². The lowest BCUT2D eigenvalue weighted by Crippen LogP contribution is -2.22. The predicted octanol–water partition coefficient (Wildman–Crippen LogP) is 5.56. The minimum Gasteiger partial charge on any atom is -0.494 e. The van der Waals surface area contributed by atoms with E-state index in [1.165, 1.54) is 32.6 Å². The molecule has 0 saturated heterocycles. The molecule has 2 rings (SSSR count). The molecule has 1 unspecified atom stereocenters. The number of Topliss-reactive ketones (excluding diaryl/α,β-unsaturated/α-hetero) is 1. The van der Waals surface area contributed by atoms with Crippen molar-refractivity contribution >= 4 is 11.8 Å². The first-order valence-electron chi connectivity index (χ1n) is 11.8. The summed E-state index contributed by atoms with van der Waals surface area (Å²) in [7, 11) is 0. The number of ketones is 1. The maximum atomic E-state index is 11.8. The molecule has 0 N–H and O–H groups in total. The van der Waals surface area contributed by atoms with Crippen LogP contribution in [0.3, 0.4) is 0 Å². The lowest BCUT2D eigenvalue weighted by Gasteiger charge is -2.14. The Morgan fingerprint density at radius 1 is 0.879 bits per heavy atom. The van der Waals surface area contributed by atoms with Crippen molar-refractivity contribution in [2.24, 2.45) is 0 Å². The third-order valence-corrected chi connectivity index (χ3v) is 4.98. The first-order chi connectivity index (χ1) is 16.0. The minimum absolute atomic E-state index is 0.0695. The van der Waals surface area contributed by atoms with Crippen molar-refractivity contribution < 1.29 is 23.8 Å². The van der Waals surface area contributed by atoms with Gasteiger partial charge in [0.05, 0.1) is 19.0 Å². The molecule has 7 nitrogen and oxygen atoms in total. The molecule has 1 heterocycles. The first kappa shape index (κ1) is 26.3. The van der Waals surface area contributed by atoms with E-state index >= 15 is 0 Å². The van der Waals surface area contributed by atoms with E-state index in [1.807, 2.05) is 24.3 Å². The van der Waals surface area contributed by atoms with Gasteiger partial charge in [-0.25, -0.2) is 9.97 Å². The van der Waals surface area contributed by atoms with Gasteiger partial charge in [0, 0.05) is 18.4 Å². The number of nitrogens with zero attached hydrogens (tertiary/aromatic N) is 2. The van der Waals surface area contributed by atoms with Gasteiger partial charge in [-0.2, -0.15) is 0 Å². The summed E-state index contributed by atoms with van der Waals surface area (Å²) in [6.07, 6.45) is 9.99. The lowest BCUT2D eigenvalue weighted by atomic mass is 10.2. The van der Waals surface area contributed by atoms with Crippen molar-refractivity contribution in [2.45, 2.75) is 78.2 Å². The molecule has 1 atom stereocenters. The van der Waals surface area contributed by atoms with Gasteiger partial charge in [0.25, 0.3) is 0 Å². The summed E-state index contributed by atoms with van der Waals surface area (Å²) in [5.74, 6) is 1.68. The minimum atomic E-state index is -0.409. The van der Waals surface area contributed by atoms with Gasteiger partial charge in [0.15, 0.2) is 11.6 Å². The largest absolute Gasteiger partial charge is 0.494 e. The second-order valence-corrected chi connectivity index (χ2v) is 8.20. The van der Waals surface area contributed by atoms with E-state index in [-0.39, 0.29) is 24.8 Å². The van der Waals surface area contributed by atoms with Crippen LogP contribution in [-0.4, -0.2) is 41.0 Å². The SMILES string of the molecule is CCCCCCCOc1ccc(-c2ncc(OCC(C)OC(=O)CCCC(C)=O)cn2)cc1. The molecule has 0 radical (unpaired) electrons. The zero-order valence-electron chi connectivity index (χ0n) is 20.0. The Bertz CT molecular complexity index is 837. The smallest absolute Gasteiger partial charge is 0.306 e. The van der Waals surface area contributed by atoms with E-state index in [1.54, 1.807) is 19.3 Å². The fraction of sp³-hybridized carbons (Fsp3) is 0.538. The molecule has 0 saturated carbocycles. The molecule has 0 amide bonds. The van der Waals surface area contributed by atoms with Gasteiger partial charge >= 0.3 is 5.97 Å². The number of hydrogen-bond acceptors (Lipinski definition) is 7. The van der Waals surface area contributed by atoms with E-state index in [9.17, 15) is 9.59 Å². The Morgan fingerprint density at radius 2 is 1.58 bits per heavy atom. The summed E-state index contributed by atoms with van der Waals surface area (Å²) in [4.78, 5) is 31.4. The summed E-state index contributed by atoms with van der Waals surface area (Å²) < 4.78 is 16.7. The van der Waals surface area contributed by atoms with Crippen LogP contribution in [0.15, 0.2) is 36.7 Å². The Kier molecular flexibility index (Phi) is 11.9. The van der Waals surface area contributed by atoms with E-state index in [2.05, 4.69) is 16.9 Å². The van der Waals surface area contributed by atoms with Gasteiger partial charge in [-0.05, 0) is 51.0 Å². The number of rotatable bonds is 16. The number of hydrogen-bond donors (Lipinski definition) is 0. The van der Waals surface area contributed by atoms with Gasteiger partial charge in [-0.3, -0.25) is 4.79 Å². The van der Waals surface area contributed by atoms with Gasteiger partial charge in [-0.15, -0.1) is 0 Å². The van der Waals surface area contributed by atoms with Crippen molar-refractivity contribution in [3.05, 3.63) is 36.7 Å². The molecule has 1 aromatic carbocycles. The number of esters is 1. The zero-order chi connectivity index (χ0) is 23.9. The molecule has 0 spiro atoms. The van der Waals surface area contributed by atoms with E-state index in [0.717, 1.165) is 24.3 Å². The normalized spacial score (nSPS) is 11.6. The number of ether oxygens (including phenoxy) is 3. The second-order valence-electron chi connectivity index (χ2n) is 8.20. The maximum absolute atomic E-state index is 11.8. The van der Waals surface area contributed by atoms with Crippen LogP contribution < -0.4 is 9.47 Å². The lowest BCUT2D eigenvalue weighted by molar-refractivity contribution is -0.149. The first-order valence-corrected chi connectivity index (χ1v) is 11.8. The highest BCUT2D eigenvalue weighted by Crippen LogP contribution is 2.21. The number of benzene rings is 1. The van der Waals surface area contributed by atoms with E-state index in [0.29, 0.717) is 24.4 Å². The predicted molar refractivity (Wildman–Crippen MR) is 127 cm³/mol. The molecular weight excluding hydrogens is 420 g/mol. The topological polar surface area (TPSA) is 87.6 Å². The molecule has 0 bridgehead atoms. The third kappa shape index (κ3) is 10.9. The zero-order valence-corrected chi connectivity index (χ0v) is 20.0. The molecule has 2 aromatic rings. The third-order valence-electron chi connectivity index (χ3n) is 4.98. The highest BCUT2D eigenvalue weighted by molar-refractivity contribution is 5.76. The van der Waals surface area contributed by atoms with Crippen LogP contribution in [-0.2, 0) is 14.3 Å². The van der Waals surface area contributed by atoms with Crippen molar-refractivity contribution in [1.29, 1.82) is 0 Å². The van der Waals surface area contributed by atoms with Crippen molar-refractivity contribution in [1.82, 2.24) is 9.97 Å². The summed E-state index contributed by atoms with van der Waals surface area (Å²) in [5.41, 5.74) is 0.893. The monoisotopic (exact) mass is 456 g/mol. The van der Waals surface area contributed by atoms with Gasteiger partial charge in [0.1, 0.15) is 24.2 Å². The molecule has 0 fully saturated rings. The fourth-order valence-corrected chi connectivity index (χ4v) is 3.15. The highest BCUT2D eigenvalue weighted by Gasteiger charge is 2.11. The Balaban J connectivity index is 1.72. The van der Waals surface area contributed by atoms with Crippen LogP contribution in [0.5, 0.6) is 11.5 Å². The van der Waals surface area contributed by atoms with Crippen LogP contribution in [0, 0.1) is 0 Å². The second kappa shape index (κ2) is 15.0. The van der Waals surface area contributed by atoms with E-state index < -0.39 is 6.10 Å². The van der Waals surface area contributed by atoms with Gasteiger partial charge in [-0.1, -0.05) is 32.6 Å². The Morgan fingerprint density at radius 3 is 2.24 bits per heavy atom. The average Bonchev–Trinajstić information content (AvgIpc) is 2.80. The Labute approximate surface area is 196 Å². The number of aromatic nitrogens is 2. The molecule has 33 heavy (non-hydrogen) atoms. The molecule has 0 aliphatic carbocycles. The summed E-state index contributed by atoms with van der Waals surface area (Å²) in [5, 5.41) is 0. The average molecular weight is 457 g/mol. The van der Waals surface area contributed by atoms with Gasteiger partial charge < -0.3 is 19.0 Å². The summed E-state index contributed by atoms with van der Waals surface area (Å²) in [6.45, 7) is 6.41. The molecule has 1 aromatic heterocycles. The molecular formula is C26H36N2O5. The highest BCUT2D eigenvalue weighted by atomic mass is 16.6. The maximum Gasteiger partial charge on any atom is 0.306 e. The quantitative estimate of drug-likeness (QED) is 0.241. The van der Waals surface area contributed by atoms with Crippen LogP contribution in [0.4, 0.5) is 0 Å². The molecule has 0 aliphatic rings. The van der Waals surface area contributed by atoms with Crippen LogP contribution in [0.25, 0.3) is 11.4 Å². The standard InChI is InChI=1S/C26H36N2O5/c1-4-5-6-7-8-16-31-23-14-12-22(13-15-23)26-27-17-24(18-28-26)32-19-21(3)33-25(30)11-9-10-20(2)29/h12-15,17-18,21H,4-11,16,19H2,1-3H3. The summed E-state index contributed by atoms with van der Waals surface area (Å²) >= 11 is 0. The number of unbranched alkanes of at least 4 members (excludes halogenated alkanes) is 4. The van der Waals surface area contributed by atoms with Crippen molar-refractivity contribution in [3.63, 3.8) is 0 Å². The summed E-state index contributed by atoms with van der Waals surface area (Å²) in [6, 6.07) is 7.75. The molecule has 0 aliphatic heterocycles. The number of carbonyl (C=O) groups excluding carboxylic acids is 2. The van der Waals surface area contributed by atoms with Crippen LogP contribution in [0.2, 0.25) is 0 Å². The van der Waals surface area contributed by atoms with Crippen LogP contribution >= 0.6 is 0 Å². The van der Waals surface area contributed by atoms with Crippen molar-refractivity contribution in [3.8, 4) is 22.9 Å². The molecule has 7 heteroatoms. The fourth-order valence-electron chi connectivity index (χ4n) is 3.15. The number of carbonyl (C=O) groups is 2. The van der Waals surface area contributed by atoms with E-state index in [4.69, 9.17) is 14.2 Å². The van der Waals surface area contributed by atoms with Gasteiger partial charge in [0.2, 0.25) is 0 Å². The Hall–Kier alpha value is -2.96.